The van der Waals surface area contributed by atoms with E-state index in [1.54, 1.807) is 11.3 Å². The van der Waals surface area contributed by atoms with Crippen molar-refractivity contribution in [3.8, 4) is 10.4 Å². The van der Waals surface area contributed by atoms with Gasteiger partial charge in [-0.25, -0.2) is 4.79 Å². The molecular formula is C20H25BrN2O2S. The molecule has 140 valence electrons. The fraction of sp³-hybridized carbons (Fsp3) is 0.450. The van der Waals surface area contributed by atoms with Crippen molar-refractivity contribution >= 4 is 23.1 Å². The normalized spacial score (nSPS) is 26.0. The third kappa shape index (κ3) is 3.68. The number of benzene rings is 1. The minimum absolute atomic E-state index is 0. The number of hydrogen-bond acceptors (Lipinski definition) is 3. The van der Waals surface area contributed by atoms with Crippen LogP contribution in [0.5, 0.6) is 0 Å². The molecule has 2 aliphatic heterocycles. The van der Waals surface area contributed by atoms with E-state index in [0.717, 1.165) is 33.5 Å². The Morgan fingerprint density at radius 3 is 2.46 bits per heavy atom. The molecule has 1 amide bonds. The summed E-state index contributed by atoms with van der Waals surface area (Å²) in [5.41, 5.74) is 1.85. The standard InChI is InChI=1S/C20H24N2O2S.BrH/c1-22(2)14-9-10-15(22)13-16(12-14)24-20(23)21-18-7-4-3-6-17(18)19-8-5-11-25-19;/h3-8,11,14-16H,9-10,12-13H2,1-2H3;1H. The van der Waals surface area contributed by atoms with Gasteiger partial charge in [-0.2, -0.15) is 0 Å². The summed E-state index contributed by atoms with van der Waals surface area (Å²) in [6.45, 7) is 0. The molecular weight excluding hydrogens is 412 g/mol. The van der Waals surface area contributed by atoms with Gasteiger partial charge in [0.15, 0.2) is 0 Å². The third-order valence-electron chi connectivity index (χ3n) is 6.01. The number of quaternary nitrogens is 1. The number of nitrogens with one attached hydrogen (secondary N) is 1. The Kier molecular flexibility index (Phi) is 5.75. The minimum Gasteiger partial charge on any atom is -1.00 e. The van der Waals surface area contributed by atoms with Crippen molar-refractivity contribution in [1.29, 1.82) is 0 Å². The molecule has 6 heteroatoms. The Labute approximate surface area is 169 Å². The van der Waals surface area contributed by atoms with Crippen molar-refractivity contribution in [2.45, 2.75) is 43.9 Å². The average Bonchev–Trinajstić information content (AvgIpc) is 3.12. The number of anilines is 1. The van der Waals surface area contributed by atoms with E-state index in [1.807, 2.05) is 35.7 Å². The third-order valence-corrected chi connectivity index (χ3v) is 6.91. The lowest BCUT2D eigenvalue weighted by Crippen LogP contribution is -3.00. The maximum absolute atomic E-state index is 12.5. The molecule has 1 aromatic heterocycles. The van der Waals surface area contributed by atoms with Crippen LogP contribution in [0.4, 0.5) is 10.5 Å². The summed E-state index contributed by atoms with van der Waals surface area (Å²) in [6, 6.07) is 13.2. The first-order chi connectivity index (χ1) is 12.0. The van der Waals surface area contributed by atoms with E-state index in [1.165, 1.54) is 12.8 Å². The first kappa shape index (κ1) is 19.4. The molecule has 1 N–H and O–H groups in total. The van der Waals surface area contributed by atoms with Crippen molar-refractivity contribution < 1.29 is 31.0 Å². The Hall–Kier alpha value is -1.37. The predicted octanol–water partition coefficient (Wildman–Crippen LogP) is 1.74. The highest BCUT2D eigenvalue weighted by Gasteiger charge is 2.49. The number of nitrogens with zero attached hydrogens (tertiary/aromatic N) is 1. The monoisotopic (exact) mass is 436 g/mol. The highest BCUT2D eigenvalue weighted by molar-refractivity contribution is 7.13. The van der Waals surface area contributed by atoms with Crippen LogP contribution < -0.4 is 22.3 Å². The summed E-state index contributed by atoms with van der Waals surface area (Å²) in [4.78, 5) is 13.6. The van der Waals surface area contributed by atoms with Crippen LogP contribution in [0.15, 0.2) is 41.8 Å². The lowest BCUT2D eigenvalue weighted by molar-refractivity contribution is -0.931. The van der Waals surface area contributed by atoms with Crippen molar-refractivity contribution in [2.24, 2.45) is 0 Å². The lowest BCUT2D eigenvalue weighted by Gasteiger charge is -2.43. The van der Waals surface area contributed by atoms with Crippen LogP contribution in [0.3, 0.4) is 0 Å². The van der Waals surface area contributed by atoms with Crippen LogP contribution in [0.25, 0.3) is 10.4 Å². The van der Waals surface area contributed by atoms with E-state index in [2.05, 4.69) is 25.5 Å². The van der Waals surface area contributed by atoms with Gasteiger partial charge in [0.1, 0.15) is 6.10 Å². The fourth-order valence-electron chi connectivity index (χ4n) is 4.46. The molecule has 2 saturated heterocycles. The number of carbonyl (C=O) groups is 1. The van der Waals surface area contributed by atoms with E-state index < -0.39 is 0 Å². The van der Waals surface area contributed by atoms with E-state index in [-0.39, 0.29) is 29.2 Å². The number of fused-ring (bicyclic) bond motifs is 2. The molecule has 1 aromatic carbocycles. The largest absolute Gasteiger partial charge is 1.00 e. The molecule has 0 aliphatic carbocycles. The van der Waals surface area contributed by atoms with Gasteiger partial charge >= 0.3 is 6.09 Å². The van der Waals surface area contributed by atoms with Gasteiger partial charge in [-0.05, 0) is 17.5 Å². The van der Waals surface area contributed by atoms with E-state index in [0.29, 0.717) is 12.1 Å². The molecule has 0 saturated carbocycles. The molecule has 0 spiro atoms. The quantitative estimate of drug-likeness (QED) is 0.744. The molecule has 0 radical (unpaired) electrons. The molecule has 4 rings (SSSR count). The molecule has 2 unspecified atom stereocenters. The van der Waals surface area contributed by atoms with E-state index >= 15 is 0 Å². The average molecular weight is 437 g/mol. The van der Waals surface area contributed by atoms with Crippen molar-refractivity contribution in [1.82, 2.24) is 0 Å². The van der Waals surface area contributed by atoms with Gasteiger partial charge in [0.25, 0.3) is 0 Å². The number of carbonyl (C=O) groups excluding carboxylic acids is 1. The molecule has 2 aliphatic rings. The summed E-state index contributed by atoms with van der Waals surface area (Å²) in [7, 11) is 4.63. The molecule has 3 heterocycles. The van der Waals surface area contributed by atoms with Crippen LogP contribution >= 0.6 is 11.3 Å². The highest BCUT2D eigenvalue weighted by Crippen LogP contribution is 2.40. The lowest BCUT2D eigenvalue weighted by atomic mass is 9.98. The summed E-state index contributed by atoms with van der Waals surface area (Å²) < 4.78 is 6.87. The number of ether oxygens (including phenoxy) is 1. The zero-order chi connectivity index (χ0) is 17.4. The molecule has 4 nitrogen and oxygen atoms in total. The smallest absolute Gasteiger partial charge is 0.411 e. The second-order valence-corrected chi connectivity index (χ2v) is 8.61. The van der Waals surface area contributed by atoms with Gasteiger partial charge in [-0.1, -0.05) is 24.3 Å². The predicted molar refractivity (Wildman–Crippen MR) is 102 cm³/mol. The summed E-state index contributed by atoms with van der Waals surface area (Å²) in [5, 5.41) is 5.00. The molecule has 2 bridgehead atoms. The van der Waals surface area contributed by atoms with Crippen LogP contribution in [0, 0.1) is 0 Å². The van der Waals surface area contributed by atoms with Gasteiger partial charge in [0.05, 0.1) is 31.9 Å². The van der Waals surface area contributed by atoms with Gasteiger partial charge in [0, 0.05) is 36.1 Å². The van der Waals surface area contributed by atoms with Gasteiger partial charge in [-0.15, -0.1) is 11.3 Å². The second kappa shape index (κ2) is 7.71. The van der Waals surface area contributed by atoms with E-state index in [9.17, 15) is 4.79 Å². The van der Waals surface area contributed by atoms with Crippen molar-refractivity contribution in [3.05, 3.63) is 41.8 Å². The van der Waals surface area contributed by atoms with Crippen LogP contribution in [-0.4, -0.2) is 42.9 Å². The first-order valence-electron chi connectivity index (χ1n) is 8.98. The molecule has 2 fully saturated rings. The zero-order valence-corrected chi connectivity index (χ0v) is 17.6. The molecule has 26 heavy (non-hydrogen) atoms. The number of halogens is 1. The topological polar surface area (TPSA) is 38.3 Å². The van der Waals surface area contributed by atoms with Crippen LogP contribution in [0.1, 0.15) is 25.7 Å². The van der Waals surface area contributed by atoms with Crippen LogP contribution in [0.2, 0.25) is 0 Å². The van der Waals surface area contributed by atoms with Crippen molar-refractivity contribution in [3.63, 3.8) is 0 Å². The van der Waals surface area contributed by atoms with E-state index in [4.69, 9.17) is 4.74 Å². The number of hydrogen-bond donors (Lipinski definition) is 1. The second-order valence-electron chi connectivity index (χ2n) is 7.66. The number of rotatable bonds is 3. The number of amides is 1. The Morgan fingerprint density at radius 1 is 1.12 bits per heavy atom. The number of para-hydroxylation sites is 1. The first-order valence-corrected chi connectivity index (χ1v) is 9.86. The summed E-state index contributed by atoms with van der Waals surface area (Å²) in [5.74, 6) is 0. The summed E-state index contributed by atoms with van der Waals surface area (Å²) >= 11 is 1.67. The summed E-state index contributed by atoms with van der Waals surface area (Å²) in [6.07, 6.45) is 4.16. The molecule has 2 atom stereocenters. The minimum atomic E-state index is -0.333. The number of thiophene rings is 1. The Morgan fingerprint density at radius 2 is 1.81 bits per heavy atom. The maximum Gasteiger partial charge on any atom is 0.411 e. The Bertz CT molecular complexity index is 747. The number of piperidine rings is 1. The van der Waals surface area contributed by atoms with Crippen LogP contribution in [-0.2, 0) is 4.74 Å². The highest BCUT2D eigenvalue weighted by atomic mass is 79.9. The SMILES string of the molecule is C[N+]1(C)C2CCC1CC(OC(=O)Nc1ccccc1-c1cccs1)C2.[Br-]. The van der Waals surface area contributed by atoms with Gasteiger partial charge in [-0.3, -0.25) is 5.32 Å². The maximum atomic E-state index is 12.5. The van der Waals surface area contributed by atoms with Gasteiger partial charge in [0.2, 0.25) is 0 Å². The van der Waals surface area contributed by atoms with Crippen molar-refractivity contribution in [2.75, 3.05) is 19.4 Å². The fourth-order valence-corrected chi connectivity index (χ4v) is 5.22. The zero-order valence-electron chi connectivity index (χ0n) is 15.2. The Balaban J connectivity index is 0.00000196. The molecule has 2 aromatic rings. The van der Waals surface area contributed by atoms with Gasteiger partial charge < -0.3 is 26.2 Å².